The van der Waals surface area contributed by atoms with Gasteiger partial charge in [-0.3, -0.25) is 9.59 Å². The Morgan fingerprint density at radius 3 is 2.38 bits per heavy atom. The van der Waals surface area contributed by atoms with Gasteiger partial charge in [0.1, 0.15) is 11.6 Å². The first-order valence-corrected chi connectivity index (χ1v) is 12.5. The summed E-state index contributed by atoms with van der Waals surface area (Å²) in [5, 5.41) is 15.2. The number of carbonyl (C=O) groups is 2. The number of hydrogen-bond donors (Lipinski definition) is 2. The Kier molecular flexibility index (Phi) is 9.47. The molecule has 0 aliphatic heterocycles. The Morgan fingerprint density at radius 1 is 0.973 bits per heavy atom. The highest BCUT2D eigenvalue weighted by Gasteiger charge is 2.16. The second-order valence-corrected chi connectivity index (χ2v) is 9.14. The van der Waals surface area contributed by atoms with Gasteiger partial charge in [0.05, 0.1) is 11.1 Å². The fourth-order valence-electron chi connectivity index (χ4n) is 3.50. The minimum Gasteiger partial charge on any atom is -0.490 e. The molecule has 7 nitrogen and oxygen atoms in total. The first-order valence-electron chi connectivity index (χ1n) is 11.7. The summed E-state index contributed by atoms with van der Waals surface area (Å²) in [5.74, 6) is -0.113. The Balaban J connectivity index is 1.79. The highest BCUT2D eigenvalue weighted by Crippen LogP contribution is 2.37. The summed E-state index contributed by atoms with van der Waals surface area (Å²) in [6.07, 6.45) is 1.47. The van der Waals surface area contributed by atoms with Crippen LogP contribution >= 0.6 is 15.9 Å². The number of ether oxygens (including phenoxy) is 2. The van der Waals surface area contributed by atoms with Crippen molar-refractivity contribution in [2.45, 2.75) is 27.7 Å². The molecule has 2 N–H and O–H groups in total. The van der Waals surface area contributed by atoms with Crippen LogP contribution in [0.1, 0.15) is 29.2 Å². The lowest BCUT2D eigenvalue weighted by Crippen LogP contribution is -2.21. The topological polar surface area (TPSA) is 100 Å². The van der Waals surface area contributed by atoms with Gasteiger partial charge in [0.2, 0.25) is 0 Å². The van der Waals surface area contributed by atoms with Crippen LogP contribution in [0.25, 0.3) is 6.08 Å². The number of anilines is 2. The zero-order valence-corrected chi connectivity index (χ0v) is 22.7. The number of hydrogen-bond acceptors (Lipinski definition) is 5. The van der Waals surface area contributed by atoms with Gasteiger partial charge in [0, 0.05) is 11.4 Å². The normalized spacial score (nSPS) is 10.9. The summed E-state index contributed by atoms with van der Waals surface area (Å²) < 4.78 is 12.0. The third kappa shape index (κ3) is 7.21. The monoisotopic (exact) mass is 561 g/mol. The summed E-state index contributed by atoms with van der Waals surface area (Å²) in [7, 11) is 0. The SMILES string of the molecule is CCOc1cc(/C=C(/C#N)C(=O)Nc2ccccc2C)cc(Br)c1OCC(=O)Nc1cccc(C)c1C. The van der Waals surface area contributed by atoms with Crippen molar-refractivity contribution >= 4 is 45.2 Å². The van der Waals surface area contributed by atoms with Gasteiger partial charge >= 0.3 is 0 Å². The molecule has 0 aliphatic rings. The molecule has 0 heterocycles. The van der Waals surface area contributed by atoms with Crippen molar-refractivity contribution < 1.29 is 19.1 Å². The molecule has 0 aliphatic carbocycles. The summed E-state index contributed by atoms with van der Waals surface area (Å²) in [5.41, 5.74) is 4.80. The minimum atomic E-state index is -0.519. The molecule has 0 saturated heterocycles. The number of para-hydroxylation sites is 1. The van der Waals surface area contributed by atoms with E-state index in [2.05, 4.69) is 26.6 Å². The molecule has 0 saturated carbocycles. The van der Waals surface area contributed by atoms with Crippen LogP contribution in [0.2, 0.25) is 0 Å². The summed E-state index contributed by atoms with van der Waals surface area (Å²) in [6.45, 7) is 7.74. The predicted octanol–water partition coefficient (Wildman–Crippen LogP) is 6.34. The van der Waals surface area contributed by atoms with E-state index in [1.807, 2.05) is 70.2 Å². The molecule has 3 rings (SSSR count). The van der Waals surface area contributed by atoms with Gasteiger partial charge in [0.15, 0.2) is 18.1 Å². The zero-order valence-electron chi connectivity index (χ0n) is 21.1. The number of nitrogens with zero attached hydrogens (tertiary/aromatic N) is 1. The third-order valence-corrected chi connectivity index (χ3v) is 6.22. The molecular formula is C29H28BrN3O4. The van der Waals surface area contributed by atoms with Crippen molar-refractivity contribution in [1.82, 2.24) is 0 Å². The molecule has 8 heteroatoms. The van der Waals surface area contributed by atoms with Gasteiger partial charge in [-0.25, -0.2) is 0 Å². The van der Waals surface area contributed by atoms with Crippen LogP contribution in [-0.2, 0) is 9.59 Å². The van der Waals surface area contributed by atoms with E-state index in [4.69, 9.17) is 9.47 Å². The number of nitrogens with one attached hydrogen (secondary N) is 2. The van der Waals surface area contributed by atoms with Crippen LogP contribution in [-0.4, -0.2) is 25.0 Å². The summed E-state index contributed by atoms with van der Waals surface area (Å²) in [6, 6.07) is 18.3. The molecule has 190 valence electrons. The van der Waals surface area contributed by atoms with Gasteiger partial charge in [-0.15, -0.1) is 0 Å². The molecule has 0 atom stereocenters. The van der Waals surface area contributed by atoms with Gasteiger partial charge in [-0.1, -0.05) is 30.3 Å². The molecular weight excluding hydrogens is 534 g/mol. The summed E-state index contributed by atoms with van der Waals surface area (Å²) in [4.78, 5) is 25.3. The number of carbonyl (C=O) groups excluding carboxylic acids is 2. The quantitative estimate of drug-likeness (QED) is 0.234. The second-order valence-electron chi connectivity index (χ2n) is 8.29. The molecule has 0 bridgehead atoms. The number of nitriles is 1. The molecule has 0 aromatic heterocycles. The van der Waals surface area contributed by atoms with E-state index < -0.39 is 5.91 Å². The zero-order chi connectivity index (χ0) is 26.9. The highest BCUT2D eigenvalue weighted by atomic mass is 79.9. The van der Waals surface area contributed by atoms with Crippen molar-refractivity contribution in [3.05, 3.63) is 86.9 Å². The van der Waals surface area contributed by atoms with Crippen LogP contribution in [0.3, 0.4) is 0 Å². The maximum atomic E-state index is 12.7. The second kappa shape index (κ2) is 12.7. The Labute approximate surface area is 225 Å². The van der Waals surface area contributed by atoms with Crippen molar-refractivity contribution in [1.29, 1.82) is 5.26 Å². The first-order chi connectivity index (χ1) is 17.7. The third-order valence-electron chi connectivity index (χ3n) is 5.63. The number of benzene rings is 3. The van der Waals surface area contributed by atoms with Crippen LogP contribution in [0.15, 0.2) is 64.6 Å². The van der Waals surface area contributed by atoms with Gasteiger partial charge < -0.3 is 20.1 Å². The fraction of sp³-hybridized carbons (Fsp3) is 0.207. The lowest BCUT2D eigenvalue weighted by molar-refractivity contribution is -0.118. The molecule has 0 radical (unpaired) electrons. The largest absolute Gasteiger partial charge is 0.490 e. The van der Waals surface area contributed by atoms with E-state index in [0.717, 1.165) is 22.4 Å². The van der Waals surface area contributed by atoms with Crippen molar-refractivity contribution in [3.8, 4) is 17.6 Å². The number of amides is 2. The molecule has 3 aromatic rings. The van der Waals surface area contributed by atoms with Crippen LogP contribution in [0.5, 0.6) is 11.5 Å². The molecule has 3 aromatic carbocycles. The average molecular weight is 562 g/mol. The van der Waals surface area contributed by atoms with Crippen LogP contribution in [0, 0.1) is 32.1 Å². The van der Waals surface area contributed by atoms with Crippen molar-refractivity contribution in [2.24, 2.45) is 0 Å². The maximum Gasteiger partial charge on any atom is 0.266 e. The number of rotatable bonds is 9. The van der Waals surface area contributed by atoms with E-state index in [1.54, 1.807) is 18.2 Å². The molecule has 37 heavy (non-hydrogen) atoms. The number of halogens is 1. The standard InChI is InChI=1S/C29H28BrN3O4/c1-5-36-26-15-21(13-22(16-31)29(35)33-24-11-7-6-9-19(24)3)14-23(30)28(26)37-17-27(34)32-25-12-8-10-18(2)20(25)4/h6-15H,5,17H2,1-4H3,(H,32,34)(H,33,35)/b22-13-. The predicted molar refractivity (Wildman–Crippen MR) is 149 cm³/mol. The first kappa shape index (κ1) is 27.5. The Morgan fingerprint density at radius 2 is 1.68 bits per heavy atom. The smallest absolute Gasteiger partial charge is 0.266 e. The van der Waals surface area contributed by atoms with E-state index in [1.165, 1.54) is 6.08 Å². The minimum absolute atomic E-state index is 0.0702. The van der Waals surface area contributed by atoms with Gasteiger partial charge in [-0.2, -0.15) is 5.26 Å². The van der Waals surface area contributed by atoms with E-state index in [-0.39, 0.29) is 18.1 Å². The van der Waals surface area contributed by atoms with Crippen molar-refractivity contribution in [3.63, 3.8) is 0 Å². The van der Waals surface area contributed by atoms with Crippen LogP contribution in [0.4, 0.5) is 11.4 Å². The lowest BCUT2D eigenvalue weighted by Gasteiger charge is -2.15. The summed E-state index contributed by atoms with van der Waals surface area (Å²) >= 11 is 3.47. The van der Waals surface area contributed by atoms with E-state index in [0.29, 0.717) is 33.8 Å². The lowest BCUT2D eigenvalue weighted by atomic mass is 10.1. The number of aryl methyl sites for hydroxylation is 2. The highest BCUT2D eigenvalue weighted by molar-refractivity contribution is 9.10. The average Bonchev–Trinajstić information content (AvgIpc) is 2.86. The van der Waals surface area contributed by atoms with E-state index in [9.17, 15) is 14.9 Å². The van der Waals surface area contributed by atoms with Crippen molar-refractivity contribution in [2.75, 3.05) is 23.8 Å². The van der Waals surface area contributed by atoms with Crippen LogP contribution < -0.4 is 20.1 Å². The maximum absolute atomic E-state index is 12.7. The molecule has 0 unspecified atom stereocenters. The Hall–Kier alpha value is -4.09. The molecule has 0 spiro atoms. The van der Waals surface area contributed by atoms with E-state index >= 15 is 0 Å². The molecule has 2 amide bonds. The van der Waals surface area contributed by atoms with Gasteiger partial charge in [-0.05, 0) is 96.2 Å². The molecule has 0 fully saturated rings. The fourth-order valence-corrected chi connectivity index (χ4v) is 4.08. The Bertz CT molecular complexity index is 1390. The van der Waals surface area contributed by atoms with Gasteiger partial charge in [0.25, 0.3) is 11.8 Å².